The van der Waals surface area contributed by atoms with Gasteiger partial charge in [-0.2, -0.15) is 0 Å². The average molecular weight is 711 g/mol. The normalized spacial score (nSPS) is 17.1. The van der Waals surface area contributed by atoms with Crippen LogP contribution in [-0.4, -0.2) is 38.7 Å². The Balaban J connectivity index is 1.03. The number of hydrogen-bond acceptors (Lipinski definition) is 8. The predicted molar refractivity (Wildman–Crippen MR) is 202 cm³/mol. The molecule has 2 amide bonds. The molecule has 5 aromatic carbocycles. The number of carbonyl (C=O) groups excluding carboxylic acids is 2. The van der Waals surface area contributed by atoms with E-state index in [-0.39, 0.29) is 36.3 Å². The lowest BCUT2D eigenvalue weighted by Crippen LogP contribution is -2.31. The molecule has 0 aliphatic carbocycles. The number of ether oxygens (including phenoxy) is 2. The molecule has 0 bridgehead atoms. The summed E-state index contributed by atoms with van der Waals surface area (Å²) in [6.07, 6.45) is 1.33. The Kier molecular flexibility index (Phi) is 11.0. The largest absolute Gasteiger partial charge is 0.392 e. The Morgan fingerprint density at radius 3 is 2.31 bits per heavy atom. The number of aromatic nitrogens is 2. The minimum absolute atomic E-state index is 0.0120. The zero-order chi connectivity index (χ0) is 35.9. The van der Waals surface area contributed by atoms with Crippen LogP contribution in [0.2, 0.25) is 0 Å². The molecule has 0 spiro atoms. The van der Waals surface area contributed by atoms with Crippen molar-refractivity contribution in [2.24, 2.45) is 0 Å². The highest BCUT2D eigenvalue weighted by molar-refractivity contribution is 7.99. The summed E-state index contributed by atoms with van der Waals surface area (Å²) in [6.45, 7) is 1.83. The number of nitrogens with one attached hydrogen (secondary N) is 2. The van der Waals surface area contributed by atoms with Crippen molar-refractivity contribution in [3.05, 3.63) is 155 Å². The highest BCUT2D eigenvalue weighted by Crippen LogP contribution is 2.40. The van der Waals surface area contributed by atoms with Crippen molar-refractivity contribution in [1.82, 2.24) is 15.3 Å². The quantitative estimate of drug-likeness (QED) is 0.116. The molecule has 262 valence electrons. The van der Waals surface area contributed by atoms with Gasteiger partial charge in [0.2, 0.25) is 5.91 Å². The van der Waals surface area contributed by atoms with Crippen LogP contribution in [0.3, 0.4) is 0 Å². The van der Waals surface area contributed by atoms with Crippen molar-refractivity contribution in [2.45, 2.75) is 49.9 Å². The second-order valence-corrected chi connectivity index (χ2v) is 13.7. The Morgan fingerprint density at radius 2 is 1.56 bits per heavy atom. The van der Waals surface area contributed by atoms with Crippen molar-refractivity contribution in [2.75, 3.05) is 11.1 Å². The maximum Gasteiger partial charge on any atom is 0.271 e. The van der Waals surface area contributed by atoms with E-state index in [9.17, 15) is 14.7 Å². The average Bonchev–Trinajstić information content (AvgIpc) is 3.19. The van der Waals surface area contributed by atoms with Crippen LogP contribution in [0, 0.1) is 0 Å². The number of hydrogen-bond donors (Lipinski definition) is 3. The highest BCUT2D eigenvalue weighted by atomic mass is 32.2. The molecule has 1 aliphatic heterocycles. The van der Waals surface area contributed by atoms with Crippen molar-refractivity contribution in [3.63, 3.8) is 0 Å². The van der Waals surface area contributed by atoms with Crippen molar-refractivity contribution in [1.29, 1.82) is 0 Å². The number of amides is 2. The van der Waals surface area contributed by atoms with Gasteiger partial charge in [-0.25, -0.2) is 4.98 Å². The minimum atomic E-state index is -0.571. The molecule has 52 heavy (non-hydrogen) atoms. The van der Waals surface area contributed by atoms with Crippen molar-refractivity contribution < 1.29 is 24.2 Å². The fraction of sp³-hybridized carbons (Fsp3) is 0.190. The van der Waals surface area contributed by atoms with Crippen LogP contribution in [0.5, 0.6) is 0 Å². The molecule has 10 heteroatoms. The molecule has 1 saturated heterocycles. The molecule has 9 nitrogen and oxygen atoms in total. The van der Waals surface area contributed by atoms with E-state index in [0.717, 1.165) is 55.2 Å². The fourth-order valence-corrected chi connectivity index (χ4v) is 7.00. The molecule has 3 unspecified atom stereocenters. The Bertz CT molecular complexity index is 2160. The van der Waals surface area contributed by atoms with Gasteiger partial charge in [-0.3, -0.25) is 14.6 Å². The third-order valence-corrected chi connectivity index (χ3v) is 9.95. The van der Waals surface area contributed by atoms with Gasteiger partial charge in [-0.15, -0.1) is 11.8 Å². The zero-order valence-electron chi connectivity index (χ0n) is 28.6. The summed E-state index contributed by atoms with van der Waals surface area (Å²) in [5.74, 6) is 0.343. The molecule has 7 rings (SSSR count). The molecular formula is C42H38N4O5S. The number of aliphatic hydroxyl groups excluding tert-OH is 1. The first-order valence-electron chi connectivity index (χ1n) is 17.1. The second kappa shape index (κ2) is 16.3. The molecular weight excluding hydrogens is 673 g/mol. The summed E-state index contributed by atoms with van der Waals surface area (Å²) in [4.78, 5) is 34.2. The Morgan fingerprint density at radius 1 is 0.808 bits per heavy atom. The van der Waals surface area contributed by atoms with Gasteiger partial charge >= 0.3 is 0 Å². The lowest BCUT2D eigenvalue weighted by Gasteiger charge is -2.36. The molecule has 6 aromatic rings. The molecule has 0 radical (unpaired) electrons. The number of aliphatic hydroxyl groups is 1. The van der Waals surface area contributed by atoms with Crippen LogP contribution in [0.25, 0.3) is 22.2 Å². The van der Waals surface area contributed by atoms with Gasteiger partial charge in [0.15, 0.2) is 6.29 Å². The van der Waals surface area contributed by atoms with Crippen LogP contribution >= 0.6 is 11.8 Å². The zero-order valence-corrected chi connectivity index (χ0v) is 29.4. The van der Waals surface area contributed by atoms with Crippen molar-refractivity contribution >= 4 is 40.3 Å². The summed E-state index contributed by atoms with van der Waals surface area (Å²) in [5.41, 5.74) is 8.27. The SMILES string of the molecule is CC(=O)Nc1ccc(SCC2CC(c3ccc(CO)cc3)OC(c3ccc(-c4cccc(CNC(=O)c5cnc6ccccc6n5)c4)cc3)O2)cc1. The first-order valence-corrected chi connectivity index (χ1v) is 18.1. The van der Waals surface area contributed by atoms with E-state index in [4.69, 9.17) is 9.47 Å². The number of nitrogens with zero attached hydrogens (tertiary/aromatic N) is 2. The number of fused-ring (bicyclic) bond motifs is 1. The maximum absolute atomic E-state index is 12.9. The van der Waals surface area contributed by atoms with Gasteiger partial charge in [-0.05, 0) is 70.3 Å². The molecule has 3 atom stereocenters. The van der Waals surface area contributed by atoms with Crippen LogP contribution in [0.15, 0.2) is 132 Å². The van der Waals surface area contributed by atoms with E-state index < -0.39 is 6.29 Å². The van der Waals surface area contributed by atoms with Crippen LogP contribution in [-0.2, 0) is 27.4 Å². The molecule has 0 saturated carbocycles. The molecule has 1 fully saturated rings. The third kappa shape index (κ3) is 8.72. The number of benzene rings is 5. The third-order valence-electron chi connectivity index (χ3n) is 8.80. The number of thioether (sulfide) groups is 1. The van der Waals surface area contributed by atoms with Crippen LogP contribution in [0.4, 0.5) is 5.69 Å². The lowest BCUT2D eigenvalue weighted by molar-refractivity contribution is -0.245. The summed E-state index contributed by atoms with van der Waals surface area (Å²) >= 11 is 1.70. The lowest BCUT2D eigenvalue weighted by atomic mass is 9.99. The number of rotatable bonds is 11. The molecule has 2 heterocycles. The topological polar surface area (TPSA) is 123 Å². The smallest absolute Gasteiger partial charge is 0.271 e. The van der Waals surface area contributed by atoms with Gasteiger partial charge in [-0.1, -0.05) is 78.9 Å². The monoisotopic (exact) mass is 710 g/mol. The molecule has 1 aromatic heterocycles. The van der Waals surface area contributed by atoms with E-state index >= 15 is 0 Å². The highest BCUT2D eigenvalue weighted by Gasteiger charge is 2.32. The summed E-state index contributed by atoms with van der Waals surface area (Å²) in [5, 5.41) is 15.3. The maximum atomic E-state index is 12.9. The first kappa shape index (κ1) is 35.0. The summed E-state index contributed by atoms with van der Waals surface area (Å²) < 4.78 is 13.1. The Hall–Kier alpha value is -5.39. The van der Waals surface area contributed by atoms with E-state index in [2.05, 4.69) is 38.8 Å². The van der Waals surface area contributed by atoms with Gasteiger partial charge < -0.3 is 25.2 Å². The standard InChI is InChI=1S/C42H38N4O5S/c1-27(48)45-34-17-19-36(20-18-34)52-26-35-22-40(31-11-9-28(25-47)10-12-31)51-42(50-35)32-15-13-30(14-16-32)33-6-4-5-29(21-33)23-44-41(49)39-24-43-37-7-2-3-8-38(37)46-39/h2-21,24,35,40,42,47H,22-23,25-26H2,1H3,(H,44,49)(H,45,48). The molecule has 3 N–H and O–H groups in total. The molecule has 1 aliphatic rings. The van der Waals surface area contributed by atoms with E-state index in [1.54, 1.807) is 11.8 Å². The van der Waals surface area contributed by atoms with E-state index in [0.29, 0.717) is 18.5 Å². The van der Waals surface area contributed by atoms with Crippen LogP contribution < -0.4 is 10.6 Å². The summed E-state index contributed by atoms with van der Waals surface area (Å²) in [7, 11) is 0. The van der Waals surface area contributed by atoms with Gasteiger partial charge in [0.1, 0.15) is 5.69 Å². The van der Waals surface area contributed by atoms with E-state index in [1.807, 2.05) is 103 Å². The number of carbonyl (C=O) groups is 2. The minimum Gasteiger partial charge on any atom is -0.392 e. The van der Waals surface area contributed by atoms with E-state index in [1.165, 1.54) is 13.1 Å². The Labute approximate surface area is 306 Å². The van der Waals surface area contributed by atoms with Gasteiger partial charge in [0, 0.05) is 41.8 Å². The second-order valence-electron chi connectivity index (χ2n) is 12.6. The number of para-hydroxylation sites is 2. The van der Waals surface area contributed by atoms with Crippen LogP contribution in [0.1, 0.15) is 58.5 Å². The van der Waals surface area contributed by atoms with Crippen molar-refractivity contribution in [3.8, 4) is 11.1 Å². The number of anilines is 1. The first-order chi connectivity index (χ1) is 25.4. The summed E-state index contributed by atoms with van der Waals surface area (Å²) in [6, 6.07) is 39.4. The van der Waals surface area contributed by atoms with Gasteiger partial charge in [0.25, 0.3) is 5.91 Å². The van der Waals surface area contributed by atoms with Gasteiger partial charge in [0.05, 0.1) is 36.0 Å². The fourth-order valence-electron chi connectivity index (χ4n) is 6.08. The predicted octanol–water partition coefficient (Wildman–Crippen LogP) is 8.02.